The van der Waals surface area contributed by atoms with Gasteiger partial charge in [0.2, 0.25) is 5.82 Å². The van der Waals surface area contributed by atoms with Gasteiger partial charge in [0.05, 0.1) is 7.05 Å². The van der Waals surface area contributed by atoms with Crippen LogP contribution in [0.2, 0.25) is 0 Å². The van der Waals surface area contributed by atoms with E-state index in [0.717, 1.165) is 18.6 Å². The van der Waals surface area contributed by atoms with Crippen LogP contribution in [0.4, 0.5) is 0 Å². The molecule has 2 N–H and O–H groups in total. The Morgan fingerprint density at radius 2 is 2.39 bits per heavy atom. The lowest BCUT2D eigenvalue weighted by Gasteiger charge is -2.07. The normalized spacial score (nSPS) is 17.8. The predicted molar refractivity (Wildman–Crippen MR) is 64.8 cm³/mol. The first-order valence-electron chi connectivity index (χ1n) is 5.96. The van der Waals surface area contributed by atoms with Gasteiger partial charge in [0.15, 0.2) is 6.61 Å². The van der Waals surface area contributed by atoms with Crippen molar-refractivity contribution in [2.45, 2.75) is 25.5 Å². The summed E-state index contributed by atoms with van der Waals surface area (Å²) in [7, 11) is 1.73. The first-order valence-corrected chi connectivity index (χ1v) is 5.96. The fraction of sp³-hybridized carbons (Fsp3) is 0.417. The van der Waals surface area contributed by atoms with Crippen molar-refractivity contribution >= 4 is 0 Å². The molecule has 3 rings (SSSR count). The number of hydrogen-bond donors (Lipinski definition) is 1. The van der Waals surface area contributed by atoms with Gasteiger partial charge in [-0.05, 0) is 41.3 Å². The highest BCUT2D eigenvalue weighted by Crippen LogP contribution is 2.31. The van der Waals surface area contributed by atoms with E-state index >= 15 is 0 Å². The summed E-state index contributed by atoms with van der Waals surface area (Å²) >= 11 is 0. The van der Waals surface area contributed by atoms with Gasteiger partial charge in [0.25, 0.3) is 0 Å². The van der Waals surface area contributed by atoms with Gasteiger partial charge in [-0.1, -0.05) is 6.07 Å². The molecule has 0 aliphatic heterocycles. The van der Waals surface area contributed by atoms with Crippen LogP contribution in [0, 0.1) is 0 Å². The van der Waals surface area contributed by atoms with Crippen molar-refractivity contribution in [2.75, 3.05) is 0 Å². The monoisotopic (exact) mass is 245 g/mol. The molecule has 18 heavy (non-hydrogen) atoms. The lowest BCUT2D eigenvalue weighted by atomic mass is 10.1. The highest BCUT2D eigenvalue weighted by molar-refractivity contribution is 5.40. The van der Waals surface area contributed by atoms with Gasteiger partial charge in [0, 0.05) is 6.04 Å². The van der Waals surface area contributed by atoms with Crippen LogP contribution in [0.25, 0.3) is 0 Å². The van der Waals surface area contributed by atoms with Gasteiger partial charge in [-0.3, -0.25) is 0 Å². The van der Waals surface area contributed by atoms with Gasteiger partial charge in [-0.15, -0.1) is 10.2 Å². The van der Waals surface area contributed by atoms with Crippen LogP contribution in [-0.2, 0) is 20.1 Å². The van der Waals surface area contributed by atoms with Crippen LogP contribution in [0.1, 0.15) is 29.4 Å². The molecule has 1 aromatic heterocycles. The third kappa shape index (κ3) is 2.06. The van der Waals surface area contributed by atoms with E-state index in [1.807, 2.05) is 12.1 Å². The SMILES string of the molecule is Cn1nnc(COc2ccc3c(c2)CC[C@@H]3N)n1. The number of benzene rings is 1. The second-order valence-corrected chi connectivity index (χ2v) is 4.49. The van der Waals surface area contributed by atoms with E-state index in [0.29, 0.717) is 12.4 Å². The van der Waals surface area contributed by atoms with Crippen molar-refractivity contribution in [3.05, 3.63) is 35.2 Å². The largest absolute Gasteiger partial charge is 0.485 e. The molecule has 6 nitrogen and oxygen atoms in total. The predicted octanol–water partition coefficient (Wildman–Crippen LogP) is 0.735. The van der Waals surface area contributed by atoms with Crippen molar-refractivity contribution in [3.63, 3.8) is 0 Å². The van der Waals surface area contributed by atoms with Gasteiger partial charge in [-0.25, -0.2) is 0 Å². The van der Waals surface area contributed by atoms with E-state index in [-0.39, 0.29) is 6.04 Å². The number of fused-ring (bicyclic) bond motifs is 1. The van der Waals surface area contributed by atoms with Crippen LogP contribution in [0.15, 0.2) is 18.2 Å². The molecule has 0 spiro atoms. The van der Waals surface area contributed by atoms with E-state index < -0.39 is 0 Å². The molecule has 94 valence electrons. The second-order valence-electron chi connectivity index (χ2n) is 4.49. The Kier molecular flexibility index (Phi) is 2.71. The molecule has 0 unspecified atom stereocenters. The molecule has 0 radical (unpaired) electrons. The highest BCUT2D eigenvalue weighted by Gasteiger charge is 2.19. The fourth-order valence-electron chi connectivity index (χ4n) is 2.25. The van der Waals surface area contributed by atoms with Crippen LogP contribution >= 0.6 is 0 Å². The zero-order chi connectivity index (χ0) is 12.5. The molecular formula is C12H15N5O. The van der Waals surface area contributed by atoms with Gasteiger partial charge >= 0.3 is 0 Å². The smallest absolute Gasteiger partial charge is 0.212 e. The summed E-state index contributed by atoms with van der Waals surface area (Å²) in [4.78, 5) is 1.42. The van der Waals surface area contributed by atoms with Gasteiger partial charge < -0.3 is 10.5 Å². The molecule has 1 atom stereocenters. The molecule has 0 saturated heterocycles. The standard InChI is InChI=1S/C12H15N5O/c1-17-15-12(14-16-17)7-18-9-3-4-10-8(6-9)2-5-11(10)13/h3-4,6,11H,2,5,7,13H2,1H3/t11-/m0/s1. The van der Waals surface area contributed by atoms with Crippen molar-refractivity contribution < 1.29 is 4.74 Å². The number of ether oxygens (including phenoxy) is 1. The van der Waals surface area contributed by atoms with E-state index in [2.05, 4.69) is 21.5 Å². The zero-order valence-electron chi connectivity index (χ0n) is 10.2. The quantitative estimate of drug-likeness (QED) is 0.862. The molecule has 0 bridgehead atoms. The second kappa shape index (κ2) is 4.38. The van der Waals surface area contributed by atoms with Crippen LogP contribution in [0.5, 0.6) is 5.75 Å². The molecule has 0 amide bonds. The Balaban J connectivity index is 1.70. The van der Waals surface area contributed by atoms with Crippen molar-refractivity contribution in [1.82, 2.24) is 20.2 Å². The molecule has 1 aromatic carbocycles. The topological polar surface area (TPSA) is 78.8 Å². The van der Waals surface area contributed by atoms with E-state index in [1.54, 1.807) is 7.05 Å². The highest BCUT2D eigenvalue weighted by atomic mass is 16.5. The minimum absolute atomic E-state index is 0.177. The number of tetrazole rings is 1. The van der Waals surface area contributed by atoms with Crippen LogP contribution < -0.4 is 10.5 Å². The third-order valence-electron chi connectivity index (χ3n) is 3.16. The van der Waals surface area contributed by atoms with E-state index in [4.69, 9.17) is 10.5 Å². The minimum atomic E-state index is 0.177. The number of aromatic nitrogens is 4. The summed E-state index contributed by atoms with van der Waals surface area (Å²) in [5.41, 5.74) is 8.51. The Morgan fingerprint density at radius 3 is 3.17 bits per heavy atom. The molecule has 6 heteroatoms. The van der Waals surface area contributed by atoms with Crippen molar-refractivity contribution in [2.24, 2.45) is 12.8 Å². The van der Waals surface area contributed by atoms with Gasteiger partial charge in [-0.2, -0.15) is 4.80 Å². The number of aryl methyl sites for hydroxylation is 2. The summed E-state index contributed by atoms with van der Waals surface area (Å²) in [5, 5.41) is 11.7. The van der Waals surface area contributed by atoms with Crippen molar-refractivity contribution in [1.29, 1.82) is 0 Å². The molecule has 0 saturated carbocycles. The lowest BCUT2D eigenvalue weighted by Crippen LogP contribution is -2.05. The Labute approximate surface area is 105 Å². The summed E-state index contributed by atoms with van der Waals surface area (Å²) < 4.78 is 5.65. The van der Waals surface area contributed by atoms with Crippen LogP contribution in [-0.4, -0.2) is 20.2 Å². The summed E-state index contributed by atoms with van der Waals surface area (Å²) in [6.45, 7) is 0.332. The average Bonchev–Trinajstić information content (AvgIpc) is 2.94. The maximum Gasteiger partial charge on any atom is 0.212 e. The zero-order valence-corrected chi connectivity index (χ0v) is 10.2. The Morgan fingerprint density at radius 1 is 1.50 bits per heavy atom. The first kappa shape index (κ1) is 11.2. The number of nitrogens with zero attached hydrogens (tertiary/aromatic N) is 4. The molecule has 1 aliphatic rings. The Bertz CT molecular complexity index is 565. The third-order valence-corrected chi connectivity index (χ3v) is 3.16. The molecule has 1 aliphatic carbocycles. The maximum absolute atomic E-state index is 5.99. The maximum atomic E-state index is 5.99. The summed E-state index contributed by atoms with van der Waals surface area (Å²) in [6, 6.07) is 6.22. The van der Waals surface area contributed by atoms with E-state index in [9.17, 15) is 0 Å². The Hall–Kier alpha value is -1.95. The van der Waals surface area contributed by atoms with Gasteiger partial charge in [0.1, 0.15) is 5.75 Å². The first-order chi connectivity index (χ1) is 8.72. The lowest BCUT2D eigenvalue weighted by molar-refractivity contribution is 0.295. The minimum Gasteiger partial charge on any atom is -0.485 e. The average molecular weight is 245 g/mol. The number of hydrogen-bond acceptors (Lipinski definition) is 5. The van der Waals surface area contributed by atoms with Crippen LogP contribution in [0.3, 0.4) is 0 Å². The molecule has 1 heterocycles. The molecule has 2 aromatic rings. The molecule has 0 fully saturated rings. The summed E-state index contributed by atoms with van der Waals surface area (Å²) in [5.74, 6) is 1.41. The summed E-state index contributed by atoms with van der Waals surface area (Å²) in [6.07, 6.45) is 2.04. The number of nitrogens with two attached hydrogens (primary N) is 1. The van der Waals surface area contributed by atoms with Crippen molar-refractivity contribution in [3.8, 4) is 5.75 Å². The number of rotatable bonds is 3. The molecular weight excluding hydrogens is 230 g/mol. The van der Waals surface area contributed by atoms with E-state index in [1.165, 1.54) is 15.9 Å². The fourth-order valence-corrected chi connectivity index (χ4v) is 2.25.